The molecule has 3 aromatic carbocycles. The summed E-state index contributed by atoms with van der Waals surface area (Å²) in [5.74, 6) is 0.439. The van der Waals surface area contributed by atoms with Crippen LogP contribution in [0.1, 0.15) is 42.1 Å². The van der Waals surface area contributed by atoms with Crippen molar-refractivity contribution >= 4 is 28.0 Å². The van der Waals surface area contributed by atoms with Gasteiger partial charge in [0.15, 0.2) is 0 Å². The Labute approximate surface area is 209 Å². The molecule has 5 rings (SSSR count). The first-order chi connectivity index (χ1) is 17.6. The highest BCUT2D eigenvalue weighted by Gasteiger charge is 2.16. The first-order valence-electron chi connectivity index (χ1n) is 12.4. The fourth-order valence-corrected chi connectivity index (χ4v) is 4.75. The van der Waals surface area contributed by atoms with Crippen LogP contribution in [-0.4, -0.2) is 32.2 Å². The van der Waals surface area contributed by atoms with Crippen LogP contribution >= 0.6 is 0 Å². The number of nitrogens with zero attached hydrogens (tertiary/aromatic N) is 3. The molecule has 0 saturated heterocycles. The van der Waals surface area contributed by atoms with Crippen molar-refractivity contribution in [3.05, 3.63) is 88.3 Å². The van der Waals surface area contributed by atoms with E-state index in [0.717, 1.165) is 65.7 Å². The fourth-order valence-electron chi connectivity index (χ4n) is 4.75. The number of carbonyl (C=O) groups excluding carboxylic acids is 1. The van der Waals surface area contributed by atoms with E-state index in [2.05, 4.69) is 28.6 Å². The van der Waals surface area contributed by atoms with Gasteiger partial charge in [0.25, 0.3) is 0 Å². The summed E-state index contributed by atoms with van der Waals surface area (Å²) >= 11 is 0. The molecular formula is C29H30N4O3. The summed E-state index contributed by atoms with van der Waals surface area (Å²) in [4.78, 5) is 32.7. The van der Waals surface area contributed by atoms with Crippen LogP contribution in [0, 0.1) is 0 Å². The van der Waals surface area contributed by atoms with Crippen molar-refractivity contribution in [2.24, 2.45) is 0 Å². The Morgan fingerprint density at radius 3 is 2.50 bits per heavy atom. The van der Waals surface area contributed by atoms with Gasteiger partial charge in [-0.1, -0.05) is 43.7 Å². The van der Waals surface area contributed by atoms with E-state index < -0.39 is 0 Å². The van der Waals surface area contributed by atoms with Crippen LogP contribution in [0.5, 0.6) is 0 Å². The highest BCUT2D eigenvalue weighted by atomic mass is 16.5. The molecule has 0 spiro atoms. The third-order valence-electron chi connectivity index (χ3n) is 6.63. The first-order valence-corrected chi connectivity index (χ1v) is 12.4. The maximum atomic E-state index is 12.8. The van der Waals surface area contributed by atoms with Crippen LogP contribution in [0.15, 0.2) is 71.5 Å². The number of benzene rings is 3. The molecule has 2 aromatic heterocycles. The SMILES string of the molecule is CCCCn1c(-c2ccc3c(c2)[nH]c(=O)n3CCCc2ccccc2)nc2cc(C(=O)OC)ccc21. The molecule has 0 atom stereocenters. The van der Waals surface area contributed by atoms with Gasteiger partial charge in [0.1, 0.15) is 5.82 Å². The van der Waals surface area contributed by atoms with E-state index >= 15 is 0 Å². The fraction of sp³-hybridized carbons (Fsp3) is 0.276. The number of nitrogens with one attached hydrogen (secondary N) is 1. The molecule has 0 aliphatic carbocycles. The molecule has 0 unspecified atom stereocenters. The van der Waals surface area contributed by atoms with Crippen LogP contribution in [0.4, 0.5) is 0 Å². The van der Waals surface area contributed by atoms with Crippen LogP contribution in [-0.2, 0) is 24.2 Å². The molecule has 0 aliphatic rings. The lowest BCUT2D eigenvalue weighted by molar-refractivity contribution is 0.0601. The van der Waals surface area contributed by atoms with Crippen LogP contribution in [0.25, 0.3) is 33.5 Å². The van der Waals surface area contributed by atoms with Crippen molar-refractivity contribution in [3.8, 4) is 11.4 Å². The summed E-state index contributed by atoms with van der Waals surface area (Å²) in [6.07, 6.45) is 3.87. The average molecular weight is 483 g/mol. The lowest BCUT2D eigenvalue weighted by atomic mass is 10.1. The van der Waals surface area contributed by atoms with Gasteiger partial charge >= 0.3 is 11.7 Å². The number of unbranched alkanes of at least 4 members (excludes halogenated alkanes) is 1. The number of esters is 1. The second kappa shape index (κ2) is 10.2. The summed E-state index contributed by atoms with van der Waals surface area (Å²) in [5.41, 5.74) is 5.97. The maximum Gasteiger partial charge on any atom is 0.337 e. The number of imidazole rings is 2. The topological polar surface area (TPSA) is 81.9 Å². The Hall–Kier alpha value is -4.13. The molecular weight excluding hydrogens is 452 g/mol. The zero-order valence-electron chi connectivity index (χ0n) is 20.7. The van der Waals surface area contributed by atoms with Crippen molar-refractivity contribution in [2.75, 3.05) is 7.11 Å². The summed E-state index contributed by atoms with van der Waals surface area (Å²) in [5, 5.41) is 0. The third kappa shape index (κ3) is 4.56. The van der Waals surface area contributed by atoms with Gasteiger partial charge in [-0.3, -0.25) is 4.57 Å². The molecule has 7 heteroatoms. The monoisotopic (exact) mass is 482 g/mol. The number of methoxy groups -OCH3 is 1. The number of H-pyrrole nitrogens is 1. The molecule has 5 aromatic rings. The van der Waals surface area contributed by atoms with Crippen molar-refractivity contribution in [2.45, 2.75) is 45.7 Å². The zero-order chi connectivity index (χ0) is 25.1. The molecule has 36 heavy (non-hydrogen) atoms. The molecule has 184 valence electrons. The summed E-state index contributed by atoms with van der Waals surface area (Å²) in [6, 6.07) is 21.8. The number of carbonyl (C=O) groups is 1. The largest absolute Gasteiger partial charge is 0.465 e. The molecule has 2 heterocycles. The van der Waals surface area contributed by atoms with Crippen molar-refractivity contribution in [1.29, 1.82) is 0 Å². The van der Waals surface area contributed by atoms with E-state index in [1.165, 1.54) is 12.7 Å². The number of aromatic nitrogens is 4. The lowest BCUT2D eigenvalue weighted by Crippen LogP contribution is -2.17. The Bertz CT molecular complexity index is 1580. The smallest absolute Gasteiger partial charge is 0.337 e. The van der Waals surface area contributed by atoms with Crippen LogP contribution in [0.3, 0.4) is 0 Å². The Morgan fingerprint density at radius 2 is 1.72 bits per heavy atom. The second-order valence-electron chi connectivity index (χ2n) is 9.04. The lowest BCUT2D eigenvalue weighted by Gasteiger charge is -2.09. The van der Waals surface area contributed by atoms with E-state index in [9.17, 15) is 9.59 Å². The van der Waals surface area contributed by atoms with Crippen molar-refractivity contribution in [3.63, 3.8) is 0 Å². The van der Waals surface area contributed by atoms with Gasteiger partial charge in [0.2, 0.25) is 0 Å². The normalized spacial score (nSPS) is 11.4. The Balaban J connectivity index is 1.49. The molecule has 7 nitrogen and oxygen atoms in total. The highest BCUT2D eigenvalue weighted by molar-refractivity contribution is 5.94. The van der Waals surface area contributed by atoms with Crippen LogP contribution in [0.2, 0.25) is 0 Å². The number of hydrogen-bond donors (Lipinski definition) is 1. The minimum Gasteiger partial charge on any atom is -0.465 e. The van der Waals surface area contributed by atoms with E-state index in [0.29, 0.717) is 12.1 Å². The first kappa shape index (κ1) is 23.6. The van der Waals surface area contributed by atoms with E-state index in [1.54, 1.807) is 12.1 Å². The van der Waals surface area contributed by atoms with E-state index in [4.69, 9.17) is 9.72 Å². The number of aryl methyl sites for hydroxylation is 3. The predicted octanol–water partition coefficient (Wildman–Crippen LogP) is 5.57. The highest BCUT2D eigenvalue weighted by Crippen LogP contribution is 2.28. The molecule has 0 fully saturated rings. The van der Waals surface area contributed by atoms with Crippen molar-refractivity contribution in [1.82, 2.24) is 19.1 Å². The number of hydrogen-bond acceptors (Lipinski definition) is 4. The Kier molecular flexibility index (Phi) is 6.71. The minimum absolute atomic E-state index is 0.0996. The number of rotatable bonds is 9. The second-order valence-corrected chi connectivity index (χ2v) is 9.04. The number of aromatic amines is 1. The Morgan fingerprint density at radius 1 is 0.944 bits per heavy atom. The summed E-state index contributed by atoms with van der Waals surface area (Å²) in [7, 11) is 1.38. The van der Waals surface area contributed by atoms with Gasteiger partial charge in [-0.25, -0.2) is 14.6 Å². The molecule has 0 bridgehead atoms. The molecule has 1 N–H and O–H groups in total. The molecule has 0 aliphatic heterocycles. The van der Waals surface area contributed by atoms with Gasteiger partial charge in [-0.2, -0.15) is 0 Å². The van der Waals surface area contributed by atoms with Gasteiger partial charge in [-0.05, 0) is 61.2 Å². The quantitative estimate of drug-likeness (QED) is 0.279. The third-order valence-corrected chi connectivity index (χ3v) is 6.63. The summed E-state index contributed by atoms with van der Waals surface area (Å²) in [6.45, 7) is 3.62. The maximum absolute atomic E-state index is 12.8. The van der Waals surface area contributed by atoms with Crippen molar-refractivity contribution < 1.29 is 9.53 Å². The predicted molar refractivity (Wildman–Crippen MR) is 142 cm³/mol. The van der Waals surface area contributed by atoms with Gasteiger partial charge in [0, 0.05) is 18.7 Å². The molecule has 0 saturated carbocycles. The van der Waals surface area contributed by atoms with Crippen LogP contribution < -0.4 is 5.69 Å². The average Bonchev–Trinajstić information content (AvgIpc) is 3.43. The number of ether oxygens (including phenoxy) is 1. The van der Waals surface area contributed by atoms with Gasteiger partial charge in [0.05, 0.1) is 34.7 Å². The van der Waals surface area contributed by atoms with Gasteiger partial charge < -0.3 is 14.3 Å². The molecule has 0 amide bonds. The minimum atomic E-state index is -0.380. The number of fused-ring (bicyclic) bond motifs is 2. The van der Waals surface area contributed by atoms with Gasteiger partial charge in [-0.15, -0.1) is 0 Å². The molecule has 0 radical (unpaired) electrons. The van der Waals surface area contributed by atoms with E-state index in [-0.39, 0.29) is 11.7 Å². The standard InChI is InChI=1S/C29H30N4O3/c1-3-4-16-32-25-15-13-22(28(34)36-2)19-23(25)30-27(32)21-12-14-26-24(18-21)31-29(35)33(26)17-8-11-20-9-6-5-7-10-20/h5-7,9-10,12-15,18-19H,3-4,8,11,16-17H2,1-2H3,(H,31,35). The van der Waals surface area contributed by atoms with E-state index in [1.807, 2.05) is 47.0 Å². The summed E-state index contributed by atoms with van der Waals surface area (Å²) < 4.78 is 8.88. The zero-order valence-corrected chi connectivity index (χ0v) is 20.7.